The molecule has 2 aliphatic rings. The van der Waals surface area contributed by atoms with Gasteiger partial charge in [-0.3, -0.25) is 9.69 Å². The fourth-order valence-electron chi connectivity index (χ4n) is 3.51. The van der Waals surface area contributed by atoms with Gasteiger partial charge in [0.2, 0.25) is 0 Å². The van der Waals surface area contributed by atoms with Crippen molar-refractivity contribution in [3.8, 4) is 0 Å². The Balaban J connectivity index is 1.89. The number of carbonyl (C=O) groups is 1. The molecule has 0 aromatic rings. The molecule has 2 nitrogen and oxygen atoms in total. The molecule has 1 aliphatic carbocycles. The number of Topliss-reactive ketones (excluding diaryl/α,β-unsaturated/α-hetero) is 1. The molecule has 2 atom stereocenters. The molecule has 0 aromatic heterocycles. The summed E-state index contributed by atoms with van der Waals surface area (Å²) in [5.74, 6) is 1.35. The van der Waals surface area contributed by atoms with Crippen molar-refractivity contribution in [1.29, 1.82) is 0 Å². The first-order valence-electron chi connectivity index (χ1n) is 7.07. The van der Waals surface area contributed by atoms with E-state index in [1.54, 1.807) is 0 Å². The molecule has 0 amide bonds. The van der Waals surface area contributed by atoms with Crippen molar-refractivity contribution >= 4 is 5.78 Å². The Morgan fingerprint density at radius 2 is 1.94 bits per heavy atom. The quantitative estimate of drug-likeness (QED) is 0.730. The standard InChI is InChI=1S/C14H25NO/c1-2-6-13(16)11-15-10-5-8-12-7-3-4-9-14(12)15/h12,14H,2-11H2,1H3/t12-,14-/m1/s1. The highest BCUT2D eigenvalue weighted by atomic mass is 16.1. The Morgan fingerprint density at radius 3 is 2.75 bits per heavy atom. The molecule has 2 heteroatoms. The lowest BCUT2D eigenvalue weighted by atomic mass is 9.78. The predicted molar refractivity (Wildman–Crippen MR) is 66.5 cm³/mol. The second-order valence-electron chi connectivity index (χ2n) is 5.51. The van der Waals surface area contributed by atoms with Crippen molar-refractivity contribution in [2.75, 3.05) is 13.1 Å². The van der Waals surface area contributed by atoms with Crippen LogP contribution in [0.1, 0.15) is 58.3 Å². The van der Waals surface area contributed by atoms with E-state index in [2.05, 4.69) is 11.8 Å². The van der Waals surface area contributed by atoms with E-state index < -0.39 is 0 Å². The molecule has 2 fully saturated rings. The molecule has 0 bridgehead atoms. The Labute approximate surface area is 99.4 Å². The van der Waals surface area contributed by atoms with Crippen molar-refractivity contribution in [3.05, 3.63) is 0 Å². The molecular formula is C14H25NO. The minimum Gasteiger partial charge on any atom is -0.298 e. The molecule has 2 rings (SSSR count). The molecule has 0 aromatic carbocycles. The maximum atomic E-state index is 11.7. The average Bonchev–Trinajstić information content (AvgIpc) is 2.30. The van der Waals surface area contributed by atoms with Crippen LogP contribution in [0.15, 0.2) is 0 Å². The molecule has 92 valence electrons. The zero-order chi connectivity index (χ0) is 11.4. The van der Waals surface area contributed by atoms with Gasteiger partial charge in [-0.2, -0.15) is 0 Å². The SMILES string of the molecule is CCCC(=O)CN1CCC[C@H]2CCCC[C@H]21. The van der Waals surface area contributed by atoms with Crippen LogP contribution in [-0.2, 0) is 4.79 Å². The van der Waals surface area contributed by atoms with Gasteiger partial charge in [0.1, 0.15) is 5.78 Å². The fraction of sp³-hybridized carbons (Fsp3) is 0.929. The van der Waals surface area contributed by atoms with Gasteiger partial charge in [0.15, 0.2) is 0 Å². The Morgan fingerprint density at radius 1 is 1.19 bits per heavy atom. The number of fused-ring (bicyclic) bond motifs is 1. The van der Waals surface area contributed by atoms with Crippen LogP contribution in [0, 0.1) is 5.92 Å². The van der Waals surface area contributed by atoms with E-state index >= 15 is 0 Å². The summed E-state index contributed by atoms with van der Waals surface area (Å²) in [6.07, 6.45) is 10.0. The Kier molecular flexibility index (Phi) is 4.39. The van der Waals surface area contributed by atoms with Gasteiger partial charge in [-0.05, 0) is 44.6 Å². The molecular weight excluding hydrogens is 198 g/mol. The minimum absolute atomic E-state index is 0.453. The van der Waals surface area contributed by atoms with Crippen LogP contribution in [0.4, 0.5) is 0 Å². The first kappa shape index (κ1) is 12.1. The summed E-state index contributed by atoms with van der Waals surface area (Å²) in [4.78, 5) is 14.2. The van der Waals surface area contributed by atoms with E-state index in [4.69, 9.17) is 0 Å². The maximum absolute atomic E-state index is 11.7. The third-order valence-corrected chi connectivity index (χ3v) is 4.27. The second kappa shape index (κ2) is 5.81. The Bertz CT molecular complexity index is 237. The molecule has 1 heterocycles. The molecule has 1 aliphatic heterocycles. The lowest BCUT2D eigenvalue weighted by Crippen LogP contribution is -2.48. The highest BCUT2D eigenvalue weighted by Gasteiger charge is 2.33. The Hall–Kier alpha value is -0.370. The first-order valence-corrected chi connectivity index (χ1v) is 7.07. The smallest absolute Gasteiger partial charge is 0.146 e. The van der Waals surface area contributed by atoms with Crippen LogP contribution in [0.2, 0.25) is 0 Å². The number of carbonyl (C=O) groups excluding carboxylic acids is 1. The largest absolute Gasteiger partial charge is 0.298 e. The van der Waals surface area contributed by atoms with Gasteiger partial charge in [-0.25, -0.2) is 0 Å². The third-order valence-electron chi connectivity index (χ3n) is 4.27. The van der Waals surface area contributed by atoms with Crippen molar-refractivity contribution in [2.24, 2.45) is 5.92 Å². The molecule has 0 N–H and O–H groups in total. The van der Waals surface area contributed by atoms with Crippen LogP contribution in [0.25, 0.3) is 0 Å². The van der Waals surface area contributed by atoms with Gasteiger partial charge in [0.25, 0.3) is 0 Å². The number of rotatable bonds is 4. The number of likely N-dealkylation sites (tertiary alicyclic amines) is 1. The van der Waals surface area contributed by atoms with Crippen LogP contribution >= 0.6 is 0 Å². The number of ketones is 1. The van der Waals surface area contributed by atoms with Gasteiger partial charge >= 0.3 is 0 Å². The first-order chi connectivity index (χ1) is 7.81. The predicted octanol–water partition coefficient (Wildman–Crippen LogP) is 3.01. The summed E-state index contributed by atoms with van der Waals surface area (Å²) in [5.41, 5.74) is 0. The van der Waals surface area contributed by atoms with Crippen LogP contribution in [-0.4, -0.2) is 29.8 Å². The maximum Gasteiger partial charge on any atom is 0.146 e. The lowest BCUT2D eigenvalue weighted by molar-refractivity contribution is -0.121. The molecule has 0 unspecified atom stereocenters. The van der Waals surface area contributed by atoms with E-state index in [1.165, 1.54) is 38.5 Å². The third kappa shape index (κ3) is 2.85. The number of nitrogens with zero attached hydrogens (tertiary/aromatic N) is 1. The van der Waals surface area contributed by atoms with Crippen molar-refractivity contribution in [3.63, 3.8) is 0 Å². The average molecular weight is 223 g/mol. The summed E-state index contributed by atoms with van der Waals surface area (Å²) in [6.45, 7) is 3.99. The van der Waals surface area contributed by atoms with Gasteiger partial charge in [0, 0.05) is 12.5 Å². The van der Waals surface area contributed by atoms with E-state index in [9.17, 15) is 4.79 Å². The second-order valence-corrected chi connectivity index (χ2v) is 5.51. The summed E-state index contributed by atoms with van der Waals surface area (Å²) >= 11 is 0. The van der Waals surface area contributed by atoms with Crippen LogP contribution in [0.3, 0.4) is 0 Å². The summed E-state index contributed by atoms with van der Waals surface area (Å²) in [6, 6.07) is 0.739. The lowest BCUT2D eigenvalue weighted by Gasteiger charge is -2.43. The van der Waals surface area contributed by atoms with Gasteiger partial charge in [-0.15, -0.1) is 0 Å². The van der Waals surface area contributed by atoms with E-state index in [0.717, 1.165) is 37.9 Å². The number of hydrogen-bond acceptors (Lipinski definition) is 2. The van der Waals surface area contributed by atoms with Gasteiger partial charge in [0.05, 0.1) is 6.54 Å². The summed E-state index contributed by atoms with van der Waals surface area (Å²) < 4.78 is 0. The van der Waals surface area contributed by atoms with Crippen molar-refractivity contribution in [2.45, 2.75) is 64.3 Å². The normalized spacial score (nSPS) is 31.1. The molecule has 0 spiro atoms. The molecule has 16 heavy (non-hydrogen) atoms. The summed E-state index contributed by atoms with van der Waals surface area (Å²) in [5, 5.41) is 0. The van der Waals surface area contributed by atoms with E-state index in [1.807, 2.05) is 0 Å². The topological polar surface area (TPSA) is 20.3 Å². The van der Waals surface area contributed by atoms with E-state index in [-0.39, 0.29) is 0 Å². The van der Waals surface area contributed by atoms with Gasteiger partial charge in [-0.1, -0.05) is 19.8 Å². The molecule has 0 radical (unpaired) electrons. The highest BCUT2D eigenvalue weighted by Crippen LogP contribution is 2.35. The van der Waals surface area contributed by atoms with E-state index in [0.29, 0.717) is 5.78 Å². The highest BCUT2D eigenvalue weighted by molar-refractivity contribution is 5.80. The molecule has 1 saturated heterocycles. The minimum atomic E-state index is 0.453. The zero-order valence-electron chi connectivity index (χ0n) is 10.6. The zero-order valence-corrected chi connectivity index (χ0v) is 10.6. The van der Waals surface area contributed by atoms with Crippen molar-refractivity contribution in [1.82, 2.24) is 4.90 Å². The van der Waals surface area contributed by atoms with Gasteiger partial charge < -0.3 is 0 Å². The van der Waals surface area contributed by atoms with Crippen molar-refractivity contribution < 1.29 is 4.79 Å². The van der Waals surface area contributed by atoms with Crippen LogP contribution in [0.5, 0.6) is 0 Å². The monoisotopic (exact) mass is 223 g/mol. The van der Waals surface area contributed by atoms with Crippen LogP contribution < -0.4 is 0 Å². The fourth-order valence-corrected chi connectivity index (χ4v) is 3.51. The summed E-state index contributed by atoms with van der Waals surface area (Å²) in [7, 11) is 0. The molecule has 1 saturated carbocycles. The number of piperidine rings is 1. The number of hydrogen-bond donors (Lipinski definition) is 0.